The summed E-state index contributed by atoms with van der Waals surface area (Å²) in [6.45, 7) is 15.3. The first-order valence-corrected chi connectivity index (χ1v) is 11.0. The van der Waals surface area contributed by atoms with E-state index in [0.29, 0.717) is 6.54 Å². The summed E-state index contributed by atoms with van der Waals surface area (Å²) >= 11 is 1.73. The lowest BCUT2D eigenvalue weighted by atomic mass is 9.93. The van der Waals surface area contributed by atoms with Crippen LogP contribution in [0.25, 0.3) is 0 Å². The second-order valence-corrected chi connectivity index (χ2v) is 9.53. The van der Waals surface area contributed by atoms with E-state index in [4.69, 9.17) is 4.98 Å². The second-order valence-electron chi connectivity index (χ2n) is 8.59. The van der Waals surface area contributed by atoms with E-state index < -0.39 is 0 Å². The van der Waals surface area contributed by atoms with Crippen LogP contribution in [0, 0.1) is 0 Å². The summed E-state index contributed by atoms with van der Waals surface area (Å²) in [6, 6.07) is 0.189. The van der Waals surface area contributed by atoms with Crippen LogP contribution in [0.2, 0.25) is 0 Å². The molecule has 2 N–H and O–H groups in total. The highest BCUT2D eigenvalue weighted by molar-refractivity contribution is 7.09. The molecule has 0 aliphatic carbocycles. The predicted octanol–water partition coefficient (Wildman–Crippen LogP) is 1.70. The number of nitrogens with one attached hydrogen (secondary N) is 2. The van der Waals surface area contributed by atoms with Crippen LogP contribution in [0.4, 0.5) is 0 Å². The molecule has 158 valence electrons. The van der Waals surface area contributed by atoms with E-state index in [1.807, 2.05) is 20.9 Å². The van der Waals surface area contributed by atoms with Gasteiger partial charge in [-0.1, -0.05) is 20.8 Å². The molecular formula is C20H36N6OS. The molecule has 8 heteroatoms. The number of nitrogens with zero attached hydrogens (tertiary/aromatic N) is 4. The Hall–Kier alpha value is -1.67. The van der Waals surface area contributed by atoms with Crippen LogP contribution in [-0.4, -0.2) is 79.0 Å². The number of aromatic nitrogens is 1. The number of carbonyl (C=O) groups excluding carboxylic acids is 1. The molecule has 1 fully saturated rings. The third-order valence-electron chi connectivity index (χ3n) is 4.64. The number of guanidine groups is 1. The second kappa shape index (κ2) is 10.2. The zero-order valence-electron chi connectivity index (χ0n) is 18.2. The fourth-order valence-electron chi connectivity index (χ4n) is 3.07. The van der Waals surface area contributed by atoms with Crippen molar-refractivity contribution in [3.05, 3.63) is 16.1 Å². The lowest BCUT2D eigenvalue weighted by Crippen LogP contribution is -2.54. The molecule has 1 saturated heterocycles. The molecule has 0 bridgehead atoms. The average Bonchev–Trinajstić information content (AvgIpc) is 3.08. The molecule has 2 heterocycles. The summed E-state index contributed by atoms with van der Waals surface area (Å²) < 4.78 is 0. The van der Waals surface area contributed by atoms with Gasteiger partial charge in [0.2, 0.25) is 5.91 Å². The van der Waals surface area contributed by atoms with E-state index in [2.05, 4.69) is 51.6 Å². The topological polar surface area (TPSA) is 72.9 Å². The smallest absolute Gasteiger partial charge is 0.234 e. The predicted molar refractivity (Wildman–Crippen MR) is 117 cm³/mol. The monoisotopic (exact) mass is 408 g/mol. The minimum absolute atomic E-state index is 0.101. The zero-order valence-corrected chi connectivity index (χ0v) is 19.0. The Balaban J connectivity index is 1.74. The van der Waals surface area contributed by atoms with Gasteiger partial charge in [0.1, 0.15) is 0 Å². The molecule has 1 aromatic rings. The Labute approximate surface area is 173 Å². The van der Waals surface area contributed by atoms with Crippen molar-refractivity contribution in [3.63, 3.8) is 0 Å². The van der Waals surface area contributed by atoms with Crippen molar-refractivity contribution >= 4 is 23.2 Å². The molecule has 0 unspecified atom stereocenters. The quantitative estimate of drug-likeness (QED) is 0.554. The largest absolute Gasteiger partial charge is 0.356 e. The number of thiazole rings is 1. The fraction of sp³-hybridized carbons (Fsp3) is 0.750. The van der Waals surface area contributed by atoms with Gasteiger partial charge in [0.05, 0.1) is 17.2 Å². The van der Waals surface area contributed by atoms with Crippen molar-refractivity contribution in [2.24, 2.45) is 4.99 Å². The maximum absolute atomic E-state index is 11.9. The Morgan fingerprint density at radius 2 is 1.96 bits per heavy atom. The van der Waals surface area contributed by atoms with Crippen LogP contribution in [0.5, 0.6) is 0 Å². The molecule has 28 heavy (non-hydrogen) atoms. The fourth-order valence-corrected chi connectivity index (χ4v) is 4.10. The lowest BCUT2D eigenvalue weighted by Gasteiger charge is -2.36. The van der Waals surface area contributed by atoms with Gasteiger partial charge in [0.25, 0.3) is 0 Å². The van der Waals surface area contributed by atoms with Crippen molar-refractivity contribution in [1.29, 1.82) is 0 Å². The van der Waals surface area contributed by atoms with Crippen molar-refractivity contribution in [2.75, 3.05) is 46.3 Å². The molecule has 0 aromatic carbocycles. The summed E-state index contributed by atoms with van der Waals surface area (Å²) in [7, 11) is 1.83. The maximum atomic E-state index is 11.9. The van der Waals surface area contributed by atoms with E-state index in [9.17, 15) is 4.79 Å². The highest BCUT2D eigenvalue weighted by Crippen LogP contribution is 2.23. The molecule has 2 rings (SSSR count). The molecule has 7 nitrogen and oxygen atoms in total. The van der Waals surface area contributed by atoms with Crippen molar-refractivity contribution in [2.45, 2.75) is 52.5 Å². The third kappa shape index (κ3) is 7.05. The van der Waals surface area contributed by atoms with Crippen LogP contribution in [0.3, 0.4) is 0 Å². The first-order valence-electron chi connectivity index (χ1n) is 10.1. The van der Waals surface area contributed by atoms with Crippen LogP contribution in [0.1, 0.15) is 45.3 Å². The van der Waals surface area contributed by atoms with E-state index in [1.165, 1.54) is 0 Å². The summed E-state index contributed by atoms with van der Waals surface area (Å²) in [6.07, 6.45) is 0.898. The van der Waals surface area contributed by atoms with Crippen molar-refractivity contribution < 1.29 is 4.79 Å². The number of piperazine rings is 1. The van der Waals surface area contributed by atoms with Gasteiger partial charge in [0.15, 0.2) is 5.96 Å². The standard InChI is InChI=1S/C20H36N6OS/c1-15(2)23-17(27)13-25-9-11-26(12-10-25)19(21-6)22-8-7-18-24-16(14-28-18)20(3,4)5/h14-15H,7-13H2,1-6H3,(H,21,22)(H,23,27). The van der Waals surface area contributed by atoms with Crippen LogP contribution < -0.4 is 10.6 Å². The van der Waals surface area contributed by atoms with Gasteiger partial charge in [-0.05, 0) is 13.8 Å². The van der Waals surface area contributed by atoms with Gasteiger partial charge in [-0.25, -0.2) is 4.98 Å². The minimum Gasteiger partial charge on any atom is -0.356 e. The molecule has 1 aromatic heterocycles. The van der Waals surface area contributed by atoms with Gasteiger partial charge in [0, 0.05) is 63.0 Å². The molecule has 1 amide bonds. The molecule has 0 atom stereocenters. The minimum atomic E-state index is 0.101. The number of aliphatic imine (C=N–C) groups is 1. The Morgan fingerprint density at radius 1 is 1.29 bits per heavy atom. The van der Waals surface area contributed by atoms with Crippen LogP contribution >= 0.6 is 11.3 Å². The van der Waals surface area contributed by atoms with E-state index in [1.54, 1.807) is 11.3 Å². The van der Waals surface area contributed by atoms with E-state index in [-0.39, 0.29) is 17.4 Å². The van der Waals surface area contributed by atoms with Gasteiger partial charge in [-0.2, -0.15) is 0 Å². The SMILES string of the molecule is CN=C(NCCc1nc(C(C)(C)C)cs1)N1CCN(CC(=O)NC(C)C)CC1. The summed E-state index contributed by atoms with van der Waals surface area (Å²) in [5.74, 6) is 1.03. The average molecular weight is 409 g/mol. The Morgan fingerprint density at radius 3 is 2.50 bits per heavy atom. The third-order valence-corrected chi connectivity index (χ3v) is 5.55. The van der Waals surface area contributed by atoms with Gasteiger partial charge in [-0.15, -0.1) is 11.3 Å². The highest BCUT2D eigenvalue weighted by atomic mass is 32.1. The molecule has 1 aliphatic rings. The number of rotatable bonds is 6. The number of amides is 1. The van der Waals surface area contributed by atoms with Gasteiger partial charge < -0.3 is 15.5 Å². The van der Waals surface area contributed by atoms with E-state index in [0.717, 1.165) is 55.8 Å². The number of hydrogen-bond acceptors (Lipinski definition) is 5. The van der Waals surface area contributed by atoms with Crippen molar-refractivity contribution in [1.82, 2.24) is 25.4 Å². The highest BCUT2D eigenvalue weighted by Gasteiger charge is 2.21. The first-order chi connectivity index (χ1) is 13.2. The van der Waals surface area contributed by atoms with Crippen LogP contribution in [0.15, 0.2) is 10.4 Å². The first kappa shape index (κ1) is 22.6. The van der Waals surface area contributed by atoms with Crippen molar-refractivity contribution in [3.8, 4) is 0 Å². The molecule has 1 aliphatic heterocycles. The summed E-state index contributed by atoms with van der Waals surface area (Å²) in [5.41, 5.74) is 1.26. The van der Waals surface area contributed by atoms with Gasteiger partial charge >= 0.3 is 0 Å². The normalized spacial score (nSPS) is 16.5. The molecule has 0 saturated carbocycles. The van der Waals surface area contributed by atoms with E-state index >= 15 is 0 Å². The molecular weight excluding hydrogens is 372 g/mol. The number of carbonyl (C=O) groups is 1. The number of hydrogen-bond donors (Lipinski definition) is 2. The molecule has 0 spiro atoms. The lowest BCUT2D eigenvalue weighted by molar-refractivity contribution is -0.123. The maximum Gasteiger partial charge on any atom is 0.234 e. The summed E-state index contributed by atoms with van der Waals surface area (Å²) in [5, 5.41) is 9.74. The summed E-state index contributed by atoms with van der Waals surface area (Å²) in [4.78, 5) is 25.6. The molecule has 0 radical (unpaired) electrons. The Kier molecular flexibility index (Phi) is 8.24. The van der Waals surface area contributed by atoms with Crippen LogP contribution in [-0.2, 0) is 16.6 Å². The zero-order chi connectivity index (χ0) is 20.7. The Bertz CT molecular complexity index is 656. The van der Waals surface area contributed by atoms with Gasteiger partial charge in [-0.3, -0.25) is 14.7 Å².